The van der Waals surface area contributed by atoms with Gasteiger partial charge >= 0.3 is 0 Å². The molecule has 1 aromatic carbocycles. The first-order valence-corrected chi connectivity index (χ1v) is 7.50. The third-order valence-electron chi connectivity index (χ3n) is 3.86. The van der Waals surface area contributed by atoms with E-state index in [2.05, 4.69) is 54.9 Å². The fraction of sp³-hybridized carbons (Fsp3) is 0.471. The van der Waals surface area contributed by atoms with Gasteiger partial charge in [0.05, 0.1) is 0 Å². The smallest absolute Gasteiger partial charge is 0.0451 e. The van der Waals surface area contributed by atoms with Crippen LogP contribution >= 0.6 is 0 Å². The molecule has 114 valence electrons. The Hall–Kier alpha value is -1.81. The molecule has 1 atom stereocenters. The van der Waals surface area contributed by atoms with Crippen LogP contribution in [0, 0.1) is 6.92 Å². The molecule has 0 radical (unpaired) electrons. The second-order valence-corrected chi connectivity index (χ2v) is 5.94. The van der Waals surface area contributed by atoms with Crippen molar-refractivity contribution in [3.05, 3.63) is 30.1 Å². The zero-order valence-electron chi connectivity index (χ0n) is 13.7. The summed E-state index contributed by atoms with van der Waals surface area (Å²) in [7, 11) is 4.22. The minimum atomic E-state index is 0.435. The van der Waals surface area contributed by atoms with Crippen LogP contribution in [0.25, 0.3) is 10.8 Å². The first-order chi connectivity index (χ1) is 9.93. The Morgan fingerprint density at radius 2 is 1.95 bits per heavy atom. The van der Waals surface area contributed by atoms with Gasteiger partial charge < -0.3 is 15.5 Å². The van der Waals surface area contributed by atoms with Crippen LogP contribution in [0.4, 0.5) is 11.4 Å². The van der Waals surface area contributed by atoms with Gasteiger partial charge in [-0.2, -0.15) is 0 Å². The minimum Gasteiger partial charge on any atom is -0.398 e. The minimum absolute atomic E-state index is 0.435. The zero-order valence-corrected chi connectivity index (χ0v) is 13.7. The number of hydrogen-bond acceptors (Lipinski definition) is 4. The van der Waals surface area contributed by atoms with Crippen molar-refractivity contribution in [2.24, 2.45) is 0 Å². The number of likely N-dealkylation sites (N-methyl/N-ethyl adjacent to an activating group) is 2. The molecule has 0 amide bonds. The van der Waals surface area contributed by atoms with Crippen LogP contribution in [-0.2, 0) is 0 Å². The van der Waals surface area contributed by atoms with Crippen LogP contribution < -0.4 is 10.6 Å². The number of nitrogens with two attached hydrogens (primary N) is 1. The average molecular weight is 286 g/mol. The summed E-state index contributed by atoms with van der Waals surface area (Å²) in [6, 6.07) is 6.68. The third-order valence-corrected chi connectivity index (χ3v) is 3.86. The quantitative estimate of drug-likeness (QED) is 0.859. The summed E-state index contributed by atoms with van der Waals surface area (Å²) < 4.78 is 0. The maximum Gasteiger partial charge on any atom is 0.0451 e. The van der Waals surface area contributed by atoms with Gasteiger partial charge in [-0.05, 0) is 53.1 Å². The number of aromatic nitrogens is 1. The first kappa shape index (κ1) is 15.6. The third kappa shape index (κ3) is 3.27. The Balaban J connectivity index is 2.53. The molecule has 21 heavy (non-hydrogen) atoms. The SMILES string of the molecule is CCN(c1ccc(N)c2cnc(C)cc12)C(C)CN(C)C. The first-order valence-electron chi connectivity index (χ1n) is 7.50. The maximum absolute atomic E-state index is 6.11. The van der Waals surface area contributed by atoms with E-state index in [1.807, 2.05) is 19.2 Å². The predicted molar refractivity (Wildman–Crippen MR) is 91.9 cm³/mol. The molecular weight excluding hydrogens is 260 g/mol. The van der Waals surface area contributed by atoms with E-state index in [0.717, 1.165) is 29.9 Å². The molecule has 1 aromatic heterocycles. The Morgan fingerprint density at radius 3 is 2.57 bits per heavy atom. The number of hydrogen-bond donors (Lipinski definition) is 1. The van der Waals surface area contributed by atoms with Gasteiger partial charge in [0, 0.05) is 53.2 Å². The Labute approximate surface area is 127 Å². The second kappa shape index (κ2) is 6.31. The lowest BCUT2D eigenvalue weighted by molar-refractivity contribution is 0.373. The topological polar surface area (TPSA) is 45.4 Å². The molecule has 0 saturated carbocycles. The van der Waals surface area contributed by atoms with Gasteiger partial charge in [-0.25, -0.2) is 0 Å². The molecule has 0 saturated heterocycles. The normalized spacial score (nSPS) is 12.9. The molecule has 0 fully saturated rings. The van der Waals surface area contributed by atoms with E-state index in [9.17, 15) is 0 Å². The van der Waals surface area contributed by atoms with E-state index < -0.39 is 0 Å². The van der Waals surface area contributed by atoms with Gasteiger partial charge in [0.2, 0.25) is 0 Å². The summed E-state index contributed by atoms with van der Waals surface area (Å²) in [6.07, 6.45) is 1.88. The highest BCUT2D eigenvalue weighted by molar-refractivity contribution is 6.01. The van der Waals surface area contributed by atoms with Crippen LogP contribution in [0.1, 0.15) is 19.5 Å². The van der Waals surface area contributed by atoms with Crippen molar-refractivity contribution < 1.29 is 0 Å². The lowest BCUT2D eigenvalue weighted by Gasteiger charge is -2.33. The number of benzene rings is 1. The summed E-state index contributed by atoms with van der Waals surface area (Å²) in [5.74, 6) is 0. The van der Waals surface area contributed by atoms with E-state index in [0.29, 0.717) is 6.04 Å². The van der Waals surface area contributed by atoms with E-state index in [1.165, 1.54) is 11.1 Å². The number of pyridine rings is 1. The summed E-state index contributed by atoms with van der Waals surface area (Å²) in [4.78, 5) is 9.03. The Morgan fingerprint density at radius 1 is 1.24 bits per heavy atom. The second-order valence-electron chi connectivity index (χ2n) is 5.94. The highest BCUT2D eigenvalue weighted by atomic mass is 15.2. The van der Waals surface area contributed by atoms with Gasteiger partial charge in [-0.1, -0.05) is 0 Å². The zero-order chi connectivity index (χ0) is 15.6. The molecule has 1 heterocycles. The summed E-state index contributed by atoms with van der Waals surface area (Å²) in [6.45, 7) is 8.47. The Kier molecular flexibility index (Phi) is 4.68. The van der Waals surface area contributed by atoms with Gasteiger partial charge in [-0.3, -0.25) is 4.98 Å². The van der Waals surface area contributed by atoms with Gasteiger partial charge in [0.1, 0.15) is 0 Å². The van der Waals surface area contributed by atoms with Crippen molar-refractivity contribution in [2.45, 2.75) is 26.8 Å². The highest BCUT2D eigenvalue weighted by Gasteiger charge is 2.17. The maximum atomic E-state index is 6.11. The van der Waals surface area contributed by atoms with E-state index in [4.69, 9.17) is 5.73 Å². The molecule has 4 nitrogen and oxygen atoms in total. The number of nitrogen functional groups attached to an aromatic ring is 1. The number of fused-ring (bicyclic) bond motifs is 1. The Bertz CT molecular complexity index is 621. The fourth-order valence-corrected chi connectivity index (χ4v) is 2.95. The number of rotatable bonds is 5. The predicted octanol–water partition coefficient (Wildman–Crippen LogP) is 2.90. The molecular formula is C17H26N4. The molecule has 2 rings (SSSR count). The van der Waals surface area contributed by atoms with Crippen LogP contribution in [0.2, 0.25) is 0 Å². The number of anilines is 2. The molecule has 0 bridgehead atoms. The van der Waals surface area contributed by atoms with Crippen molar-refractivity contribution in [1.29, 1.82) is 0 Å². The monoisotopic (exact) mass is 286 g/mol. The van der Waals surface area contributed by atoms with E-state index in [-0.39, 0.29) is 0 Å². The summed E-state index contributed by atoms with van der Waals surface area (Å²) >= 11 is 0. The van der Waals surface area contributed by atoms with Crippen molar-refractivity contribution in [1.82, 2.24) is 9.88 Å². The van der Waals surface area contributed by atoms with Crippen LogP contribution in [-0.4, -0.2) is 43.1 Å². The van der Waals surface area contributed by atoms with Gasteiger partial charge in [-0.15, -0.1) is 0 Å². The van der Waals surface area contributed by atoms with Crippen molar-refractivity contribution >= 4 is 22.1 Å². The summed E-state index contributed by atoms with van der Waals surface area (Å²) in [5, 5.41) is 2.23. The largest absolute Gasteiger partial charge is 0.398 e. The van der Waals surface area contributed by atoms with Crippen LogP contribution in [0.5, 0.6) is 0 Å². The van der Waals surface area contributed by atoms with Crippen molar-refractivity contribution in [3.8, 4) is 0 Å². The molecule has 2 N–H and O–H groups in total. The van der Waals surface area contributed by atoms with Crippen molar-refractivity contribution in [3.63, 3.8) is 0 Å². The molecule has 2 aromatic rings. The van der Waals surface area contributed by atoms with Crippen LogP contribution in [0.3, 0.4) is 0 Å². The number of nitrogens with zero attached hydrogens (tertiary/aromatic N) is 3. The lowest BCUT2D eigenvalue weighted by Crippen LogP contribution is -2.40. The summed E-state index contributed by atoms with van der Waals surface area (Å²) in [5.41, 5.74) is 9.15. The molecule has 0 aliphatic carbocycles. The van der Waals surface area contributed by atoms with E-state index in [1.54, 1.807) is 0 Å². The molecule has 4 heteroatoms. The van der Waals surface area contributed by atoms with E-state index >= 15 is 0 Å². The number of aryl methyl sites for hydroxylation is 1. The van der Waals surface area contributed by atoms with Gasteiger partial charge in [0.15, 0.2) is 0 Å². The van der Waals surface area contributed by atoms with Gasteiger partial charge in [0.25, 0.3) is 0 Å². The van der Waals surface area contributed by atoms with Crippen LogP contribution in [0.15, 0.2) is 24.4 Å². The standard InChI is InChI=1S/C17H26N4/c1-6-21(13(3)11-20(4)5)17-8-7-16(18)15-10-19-12(2)9-14(15)17/h7-10,13H,6,11,18H2,1-5H3. The highest BCUT2D eigenvalue weighted by Crippen LogP contribution is 2.32. The fourth-order valence-electron chi connectivity index (χ4n) is 2.95. The average Bonchev–Trinajstić information content (AvgIpc) is 2.41. The molecule has 0 aliphatic heterocycles. The molecule has 0 spiro atoms. The van der Waals surface area contributed by atoms with Crippen molar-refractivity contribution in [2.75, 3.05) is 37.8 Å². The lowest BCUT2D eigenvalue weighted by atomic mass is 10.1. The molecule has 0 aliphatic rings. The molecule has 1 unspecified atom stereocenters.